The van der Waals surface area contributed by atoms with Gasteiger partial charge in [-0.2, -0.15) is 0 Å². The summed E-state index contributed by atoms with van der Waals surface area (Å²) in [6.07, 6.45) is 1.57. The van der Waals surface area contributed by atoms with Crippen LogP contribution >= 0.6 is 0 Å². The number of nitrogens with one attached hydrogen (secondary N) is 2. The van der Waals surface area contributed by atoms with Crippen molar-refractivity contribution in [2.24, 2.45) is 0 Å². The molecule has 0 fully saturated rings. The van der Waals surface area contributed by atoms with Gasteiger partial charge in [0, 0.05) is 16.9 Å². The number of para-hydroxylation sites is 1. The molecule has 2 amide bonds. The van der Waals surface area contributed by atoms with Gasteiger partial charge in [-0.3, -0.25) is 14.5 Å². The quantitative estimate of drug-likeness (QED) is 0.704. The molecule has 3 heterocycles. The highest BCUT2D eigenvalue weighted by molar-refractivity contribution is 6.14. The van der Waals surface area contributed by atoms with E-state index in [2.05, 4.69) is 24.5 Å². The lowest BCUT2D eigenvalue weighted by Crippen LogP contribution is -2.60. The number of furan rings is 1. The molecule has 0 saturated heterocycles. The largest absolute Gasteiger partial charge is 0.467 e. The average Bonchev–Trinajstić information content (AvgIpc) is 3.32. The monoisotopic (exact) mass is 387 g/mol. The first-order valence-electron chi connectivity index (χ1n) is 9.68. The Balaban J connectivity index is 1.74. The fraction of sp³-hybridized carbons (Fsp3) is 0.217. The van der Waals surface area contributed by atoms with Crippen molar-refractivity contribution in [2.45, 2.75) is 32.0 Å². The summed E-state index contributed by atoms with van der Waals surface area (Å²) in [5, 5.41) is 6.35. The van der Waals surface area contributed by atoms with Crippen LogP contribution in [0, 0.1) is 0 Å². The summed E-state index contributed by atoms with van der Waals surface area (Å²) in [6.45, 7) is 4.38. The summed E-state index contributed by atoms with van der Waals surface area (Å²) in [5.74, 6) is 0.412. The van der Waals surface area contributed by atoms with E-state index in [0.29, 0.717) is 22.7 Å². The minimum Gasteiger partial charge on any atom is -0.467 e. The van der Waals surface area contributed by atoms with E-state index in [0.717, 1.165) is 11.1 Å². The van der Waals surface area contributed by atoms with Crippen LogP contribution in [0.2, 0.25) is 0 Å². The number of hydrogen-bond donors (Lipinski definition) is 2. The summed E-state index contributed by atoms with van der Waals surface area (Å²) < 4.78 is 5.51. The zero-order chi connectivity index (χ0) is 20.2. The number of fused-ring (bicyclic) bond motifs is 3. The van der Waals surface area contributed by atoms with Gasteiger partial charge in [0.15, 0.2) is 0 Å². The topological polar surface area (TPSA) is 74.6 Å². The van der Waals surface area contributed by atoms with Crippen LogP contribution in [0.3, 0.4) is 0 Å². The maximum atomic E-state index is 13.5. The van der Waals surface area contributed by atoms with Crippen molar-refractivity contribution in [1.82, 2.24) is 4.90 Å². The van der Waals surface area contributed by atoms with Crippen molar-refractivity contribution in [2.75, 3.05) is 10.6 Å². The van der Waals surface area contributed by atoms with Gasteiger partial charge in [-0.15, -0.1) is 0 Å². The van der Waals surface area contributed by atoms with Gasteiger partial charge >= 0.3 is 0 Å². The highest BCUT2D eigenvalue weighted by Gasteiger charge is 2.56. The minimum atomic E-state index is -1.33. The van der Waals surface area contributed by atoms with Gasteiger partial charge in [-0.1, -0.05) is 32.0 Å². The van der Waals surface area contributed by atoms with Crippen LogP contribution in [-0.2, 0) is 17.0 Å². The lowest BCUT2D eigenvalue weighted by Gasteiger charge is -2.44. The molecule has 1 spiro atoms. The zero-order valence-corrected chi connectivity index (χ0v) is 16.2. The number of carbonyl (C=O) groups excluding carboxylic acids is 2. The van der Waals surface area contributed by atoms with Crippen molar-refractivity contribution < 1.29 is 14.0 Å². The Morgan fingerprint density at radius 3 is 2.62 bits per heavy atom. The van der Waals surface area contributed by atoms with Gasteiger partial charge < -0.3 is 15.1 Å². The predicted octanol–water partition coefficient (Wildman–Crippen LogP) is 4.28. The van der Waals surface area contributed by atoms with E-state index in [1.54, 1.807) is 29.4 Å². The Hall–Kier alpha value is -3.54. The van der Waals surface area contributed by atoms with E-state index < -0.39 is 5.66 Å². The number of amides is 2. The normalized spacial score (nSPS) is 19.9. The average molecular weight is 387 g/mol. The second-order valence-electron chi connectivity index (χ2n) is 7.77. The molecule has 3 aromatic rings. The van der Waals surface area contributed by atoms with Crippen LogP contribution in [0.5, 0.6) is 0 Å². The van der Waals surface area contributed by atoms with Crippen molar-refractivity contribution in [3.63, 3.8) is 0 Å². The van der Waals surface area contributed by atoms with Crippen molar-refractivity contribution >= 4 is 23.2 Å². The predicted molar refractivity (Wildman–Crippen MR) is 109 cm³/mol. The number of hydrogen-bond acceptors (Lipinski definition) is 4. The van der Waals surface area contributed by atoms with Crippen LogP contribution in [0.4, 0.5) is 11.4 Å². The Morgan fingerprint density at radius 1 is 1.03 bits per heavy atom. The van der Waals surface area contributed by atoms with Crippen LogP contribution in [-0.4, -0.2) is 16.7 Å². The zero-order valence-electron chi connectivity index (χ0n) is 16.2. The smallest absolute Gasteiger partial charge is 0.276 e. The number of anilines is 2. The van der Waals surface area contributed by atoms with Gasteiger partial charge in [-0.25, -0.2) is 0 Å². The van der Waals surface area contributed by atoms with E-state index in [1.807, 2.05) is 36.4 Å². The number of carbonyl (C=O) groups is 2. The molecule has 1 atom stereocenters. The third-order valence-corrected chi connectivity index (χ3v) is 5.69. The first-order chi connectivity index (χ1) is 14.0. The Bertz CT molecular complexity index is 1120. The second kappa shape index (κ2) is 6.24. The van der Waals surface area contributed by atoms with E-state index in [1.165, 1.54) is 0 Å². The number of benzene rings is 2. The third-order valence-electron chi connectivity index (χ3n) is 5.69. The second-order valence-corrected chi connectivity index (χ2v) is 7.77. The van der Waals surface area contributed by atoms with Crippen molar-refractivity contribution in [3.8, 4) is 0 Å². The standard InChI is InChI=1S/C23H21N3O3/c1-14(2)15-9-10-20-18(12-15)23(22(28)24-20)25-19-8-4-3-7-17(19)21(27)26(23)13-16-6-5-11-29-16/h3-12,14,25H,13H2,1-2H3,(H,24,28)/t23-/m1/s1. The molecule has 1 aromatic heterocycles. The van der Waals surface area contributed by atoms with Crippen LogP contribution in [0.15, 0.2) is 65.3 Å². The molecule has 2 aromatic carbocycles. The van der Waals surface area contributed by atoms with Crippen LogP contribution < -0.4 is 10.6 Å². The maximum Gasteiger partial charge on any atom is 0.276 e. The van der Waals surface area contributed by atoms with Gasteiger partial charge in [0.05, 0.1) is 18.4 Å². The highest BCUT2D eigenvalue weighted by atomic mass is 16.3. The van der Waals surface area contributed by atoms with E-state index in [4.69, 9.17) is 4.42 Å². The summed E-state index contributed by atoms with van der Waals surface area (Å²) in [6, 6.07) is 16.8. The number of nitrogens with zero attached hydrogens (tertiary/aromatic N) is 1. The molecule has 6 nitrogen and oxygen atoms in total. The molecule has 6 heteroatoms. The molecular formula is C23H21N3O3. The summed E-state index contributed by atoms with van der Waals surface area (Å²) in [7, 11) is 0. The SMILES string of the molecule is CC(C)c1ccc2c(c1)[C@]1(Nc3ccccc3C(=O)N1Cc1ccco1)C(=O)N2. The number of rotatable bonds is 3. The van der Waals surface area contributed by atoms with E-state index in [9.17, 15) is 9.59 Å². The van der Waals surface area contributed by atoms with E-state index >= 15 is 0 Å². The summed E-state index contributed by atoms with van der Waals surface area (Å²) in [4.78, 5) is 28.5. The molecule has 0 bridgehead atoms. The Morgan fingerprint density at radius 2 is 1.86 bits per heavy atom. The van der Waals surface area contributed by atoms with Gasteiger partial charge in [0.2, 0.25) is 5.66 Å². The third kappa shape index (κ3) is 2.49. The molecule has 0 radical (unpaired) electrons. The molecule has 2 N–H and O–H groups in total. The molecule has 5 rings (SSSR count). The molecule has 0 saturated carbocycles. The Kier molecular flexibility index (Phi) is 3.77. The first-order valence-corrected chi connectivity index (χ1v) is 9.68. The molecule has 146 valence electrons. The fourth-order valence-corrected chi connectivity index (χ4v) is 4.14. The van der Waals surface area contributed by atoms with E-state index in [-0.39, 0.29) is 24.3 Å². The van der Waals surface area contributed by atoms with Gasteiger partial charge in [0.25, 0.3) is 11.8 Å². The molecular weight excluding hydrogens is 366 g/mol. The minimum absolute atomic E-state index is 0.173. The van der Waals surface area contributed by atoms with Gasteiger partial charge in [0.1, 0.15) is 5.76 Å². The lowest BCUT2D eigenvalue weighted by molar-refractivity contribution is -0.125. The Labute approximate surface area is 168 Å². The maximum absolute atomic E-state index is 13.5. The highest BCUT2D eigenvalue weighted by Crippen LogP contribution is 2.46. The fourth-order valence-electron chi connectivity index (χ4n) is 4.14. The van der Waals surface area contributed by atoms with Crippen LogP contribution in [0.25, 0.3) is 0 Å². The summed E-state index contributed by atoms with van der Waals surface area (Å²) >= 11 is 0. The van der Waals surface area contributed by atoms with Crippen molar-refractivity contribution in [1.29, 1.82) is 0 Å². The van der Waals surface area contributed by atoms with Crippen LogP contribution in [0.1, 0.15) is 47.0 Å². The van der Waals surface area contributed by atoms with Crippen molar-refractivity contribution in [3.05, 3.63) is 83.3 Å². The molecule has 0 aliphatic carbocycles. The molecule has 0 unspecified atom stereocenters. The molecule has 2 aliphatic rings. The molecule has 2 aliphatic heterocycles. The molecule has 29 heavy (non-hydrogen) atoms. The summed E-state index contributed by atoms with van der Waals surface area (Å²) in [5.41, 5.74) is 2.41. The lowest BCUT2D eigenvalue weighted by atomic mass is 9.90. The first kappa shape index (κ1) is 17.6. The van der Waals surface area contributed by atoms with Gasteiger partial charge in [-0.05, 0) is 47.9 Å².